The van der Waals surface area contributed by atoms with Crippen LogP contribution in [-0.4, -0.2) is 45.9 Å². The van der Waals surface area contributed by atoms with Gasteiger partial charge in [0.1, 0.15) is 11.4 Å². The van der Waals surface area contributed by atoms with E-state index < -0.39 is 0 Å². The quantitative estimate of drug-likeness (QED) is 0.423. The predicted molar refractivity (Wildman–Crippen MR) is 117 cm³/mol. The standard InChI is InChI=1S/C20H18ClN5O4S/c1-11-15-19(23-10-26(20(15)28)9-14(27)22-7-8-29-2)31-16(11)18-24-17(25-30-18)12-3-5-13(21)6-4-12/h3-6,10H,7-9H2,1-2H3,(H,22,27). The molecule has 1 N–H and O–H groups in total. The van der Waals surface area contributed by atoms with E-state index in [1.165, 1.54) is 22.2 Å². The number of benzene rings is 1. The highest BCUT2D eigenvalue weighted by atomic mass is 35.5. The number of hydrogen-bond donors (Lipinski definition) is 1. The van der Waals surface area contributed by atoms with Gasteiger partial charge in [0.05, 0.1) is 23.2 Å². The fourth-order valence-electron chi connectivity index (χ4n) is 3.01. The molecule has 11 heteroatoms. The van der Waals surface area contributed by atoms with Crippen LogP contribution in [0.5, 0.6) is 0 Å². The number of methoxy groups -OCH3 is 1. The number of nitrogens with one attached hydrogen (secondary N) is 1. The molecule has 0 spiro atoms. The van der Waals surface area contributed by atoms with Crippen molar-refractivity contribution in [2.75, 3.05) is 20.3 Å². The third kappa shape index (κ3) is 4.36. The lowest BCUT2D eigenvalue weighted by Gasteiger charge is -2.06. The molecule has 1 aromatic carbocycles. The molecular formula is C20H18ClN5O4S. The smallest absolute Gasteiger partial charge is 0.268 e. The maximum atomic E-state index is 13.0. The van der Waals surface area contributed by atoms with Crippen LogP contribution in [-0.2, 0) is 16.1 Å². The number of aromatic nitrogens is 4. The first-order valence-corrected chi connectivity index (χ1v) is 10.5. The Balaban J connectivity index is 1.64. The van der Waals surface area contributed by atoms with Gasteiger partial charge in [-0.25, -0.2) is 4.98 Å². The van der Waals surface area contributed by atoms with Crippen molar-refractivity contribution in [1.82, 2.24) is 25.0 Å². The van der Waals surface area contributed by atoms with Crippen LogP contribution < -0.4 is 10.9 Å². The van der Waals surface area contributed by atoms with Crippen molar-refractivity contribution in [1.29, 1.82) is 0 Å². The van der Waals surface area contributed by atoms with Gasteiger partial charge in [-0.2, -0.15) is 4.98 Å². The highest BCUT2D eigenvalue weighted by molar-refractivity contribution is 7.22. The van der Waals surface area contributed by atoms with Gasteiger partial charge in [-0.05, 0) is 36.8 Å². The topological polar surface area (TPSA) is 112 Å². The third-order valence-electron chi connectivity index (χ3n) is 4.58. The zero-order valence-corrected chi connectivity index (χ0v) is 18.3. The minimum Gasteiger partial charge on any atom is -0.383 e. The van der Waals surface area contributed by atoms with Gasteiger partial charge in [0.2, 0.25) is 11.7 Å². The monoisotopic (exact) mass is 459 g/mol. The highest BCUT2D eigenvalue weighted by Crippen LogP contribution is 2.35. The number of carbonyl (C=O) groups is 1. The Morgan fingerprint density at radius 2 is 2.10 bits per heavy atom. The SMILES string of the molecule is COCCNC(=O)Cn1cnc2sc(-c3nc(-c4ccc(Cl)cc4)no3)c(C)c2c1=O. The molecule has 0 unspecified atom stereocenters. The number of nitrogens with zero attached hydrogens (tertiary/aromatic N) is 4. The van der Waals surface area contributed by atoms with Crippen LogP contribution in [0.4, 0.5) is 0 Å². The Hall–Kier alpha value is -3.08. The minimum absolute atomic E-state index is 0.128. The van der Waals surface area contributed by atoms with E-state index in [4.69, 9.17) is 20.9 Å². The molecule has 0 bridgehead atoms. The molecule has 3 heterocycles. The van der Waals surface area contributed by atoms with Crippen LogP contribution >= 0.6 is 22.9 Å². The van der Waals surface area contributed by atoms with E-state index in [1.54, 1.807) is 38.3 Å². The summed E-state index contributed by atoms with van der Waals surface area (Å²) < 4.78 is 11.6. The molecule has 31 heavy (non-hydrogen) atoms. The average Bonchev–Trinajstić information content (AvgIpc) is 3.36. The van der Waals surface area contributed by atoms with Crippen LogP contribution in [0, 0.1) is 6.92 Å². The van der Waals surface area contributed by atoms with E-state index >= 15 is 0 Å². The first-order chi connectivity index (χ1) is 15.0. The predicted octanol–water partition coefficient (Wildman–Crippen LogP) is 2.90. The molecule has 0 saturated carbocycles. The summed E-state index contributed by atoms with van der Waals surface area (Å²) in [5.74, 6) is 0.424. The Kier molecular flexibility index (Phi) is 6.12. The molecule has 1 amide bonds. The molecule has 9 nitrogen and oxygen atoms in total. The lowest BCUT2D eigenvalue weighted by Crippen LogP contribution is -2.34. The zero-order chi connectivity index (χ0) is 22.0. The van der Waals surface area contributed by atoms with Gasteiger partial charge >= 0.3 is 0 Å². The maximum Gasteiger partial charge on any atom is 0.268 e. The van der Waals surface area contributed by atoms with Crippen LogP contribution in [0.1, 0.15) is 5.56 Å². The summed E-state index contributed by atoms with van der Waals surface area (Å²) in [6.45, 7) is 2.44. The first kappa shape index (κ1) is 21.2. The van der Waals surface area contributed by atoms with Gasteiger partial charge in [0.25, 0.3) is 11.4 Å². The maximum absolute atomic E-state index is 13.0. The summed E-state index contributed by atoms with van der Waals surface area (Å²) in [6.07, 6.45) is 1.37. The second-order valence-corrected chi connectivity index (χ2v) is 8.12. The van der Waals surface area contributed by atoms with Crippen molar-refractivity contribution < 1.29 is 14.1 Å². The summed E-state index contributed by atoms with van der Waals surface area (Å²) in [5, 5.41) is 7.76. The fraction of sp³-hybridized carbons (Fsp3) is 0.250. The van der Waals surface area contributed by atoms with Crippen LogP contribution in [0.2, 0.25) is 5.02 Å². The molecule has 0 aliphatic heterocycles. The number of aryl methyl sites for hydroxylation is 1. The molecule has 4 aromatic rings. The second-order valence-electron chi connectivity index (χ2n) is 6.69. The molecule has 0 aliphatic rings. The van der Waals surface area contributed by atoms with Crippen molar-refractivity contribution >= 4 is 39.1 Å². The molecule has 3 aromatic heterocycles. The molecule has 0 saturated heterocycles. The van der Waals surface area contributed by atoms with Gasteiger partial charge in [0, 0.05) is 24.2 Å². The summed E-state index contributed by atoms with van der Waals surface area (Å²) in [7, 11) is 1.55. The van der Waals surface area contributed by atoms with Crippen LogP contribution in [0.15, 0.2) is 39.9 Å². The highest BCUT2D eigenvalue weighted by Gasteiger charge is 2.21. The number of amides is 1. The lowest BCUT2D eigenvalue weighted by atomic mass is 10.2. The van der Waals surface area contributed by atoms with E-state index in [9.17, 15) is 9.59 Å². The van der Waals surface area contributed by atoms with Crippen molar-refractivity contribution in [2.45, 2.75) is 13.5 Å². The summed E-state index contributed by atoms with van der Waals surface area (Å²) in [5.41, 5.74) is 1.14. The van der Waals surface area contributed by atoms with Crippen molar-refractivity contribution in [2.24, 2.45) is 0 Å². The minimum atomic E-state index is -0.302. The summed E-state index contributed by atoms with van der Waals surface area (Å²) in [6, 6.07) is 7.09. The lowest BCUT2D eigenvalue weighted by molar-refractivity contribution is -0.121. The Bertz CT molecular complexity index is 1300. The van der Waals surface area contributed by atoms with Crippen molar-refractivity contribution in [3.8, 4) is 22.2 Å². The molecule has 0 fully saturated rings. The Labute approximate surface area is 185 Å². The van der Waals surface area contributed by atoms with E-state index in [-0.39, 0.29) is 18.0 Å². The van der Waals surface area contributed by atoms with Crippen molar-refractivity contribution in [3.05, 3.63) is 51.5 Å². The summed E-state index contributed by atoms with van der Waals surface area (Å²) in [4.78, 5) is 35.0. The average molecular weight is 460 g/mol. The Morgan fingerprint density at radius 1 is 1.32 bits per heavy atom. The molecule has 0 radical (unpaired) electrons. The van der Waals surface area contributed by atoms with Gasteiger partial charge in [-0.15, -0.1) is 11.3 Å². The molecule has 4 rings (SSSR count). The number of halogens is 1. The van der Waals surface area contributed by atoms with Crippen LogP contribution in [0.25, 0.3) is 32.4 Å². The molecular weight excluding hydrogens is 442 g/mol. The molecule has 160 valence electrons. The molecule has 0 aliphatic carbocycles. The van der Waals surface area contributed by atoms with Crippen LogP contribution in [0.3, 0.4) is 0 Å². The van der Waals surface area contributed by atoms with E-state index in [0.717, 1.165) is 5.56 Å². The fourth-order valence-corrected chi connectivity index (χ4v) is 4.20. The number of rotatable bonds is 7. The number of fused-ring (bicyclic) bond motifs is 1. The normalized spacial score (nSPS) is 11.2. The number of ether oxygens (including phenoxy) is 1. The zero-order valence-electron chi connectivity index (χ0n) is 16.7. The first-order valence-electron chi connectivity index (χ1n) is 9.32. The molecule has 0 atom stereocenters. The number of hydrogen-bond acceptors (Lipinski definition) is 8. The van der Waals surface area contributed by atoms with E-state index in [2.05, 4.69) is 20.4 Å². The van der Waals surface area contributed by atoms with Gasteiger partial charge < -0.3 is 14.6 Å². The van der Waals surface area contributed by atoms with Gasteiger partial charge in [-0.1, -0.05) is 16.8 Å². The van der Waals surface area contributed by atoms with E-state index in [1.807, 2.05) is 0 Å². The van der Waals surface area contributed by atoms with Gasteiger partial charge in [-0.3, -0.25) is 14.2 Å². The second kappa shape index (κ2) is 8.96. The Morgan fingerprint density at radius 3 is 2.84 bits per heavy atom. The van der Waals surface area contributed by atoms with Crippen molar-refractivity contribution in [3.63, 3.8) is 0 Å². The number of carbonyl (C=O) groups excluding carboxylic acids is 1. The number of thiophene rings is 1. The third-order valence-corrected chi connectivity index (χ3v) is 6.02. The largest absolute Gasteiger partial charge is 0.383 e. The van der Waals surface area contributed by atoms with E-state index in [0.29, 0.717) is 50.5 Å². The van der Waals surface area contributed by atoms with Gasteiger partial charge in [0.15, 0.2) is 0 Å². The summed E-state index contributed by atoms with van der Waals surface area (Å²) >= 11 is 7.21.